The first-order valence-corrected chi connectivity index (χ1v) is 9.35. The third kappa shape index (κ3) is 4.88. The predicted molar refractivity (Wildman–Crippen MR) is 114 cm³/mol. The van der Waals surface area contributed by atoms with Crippen LogP contribution in [0.1, 0.15) is 18.2 Å². The molecule has 0 radical (unpaired) electrons. The van der Waals surface area contributed by atoms with Crippen LogP contribution in [0.25, 0.3) is 17.5 Å². The fourth-order valence-corrected chi connectivity index (χ4v) is 3.11. The van der Waals surface area contributed by atoms with E-state index < -0.39 is 0 Å². The zero-order valence-electron chi connectivity index (χ0n) is 15.0. The molecule has 142 valence electrons. The van der Waals surface area contributed by atoms with Crippen molar-refractivity contribution in [3.05, 3.63) is 86.3 Å². The maximum absolute atomic E-state index is 12.3. The van der Waals surface area contributed by atoms with E-state index in [1.54, 1.807) is 42.5 Å². The average molecular weight is 414 g/mol. The molecule has 0 aliphatic rings. The van der Waals surface area contributed by atoms with Gasteiger partial charge in [0.15, 0.2) is 0 Å². The van der Waals surface area contributed by atoms with E-state index in [0.717, 1.165) is 0 Å². The number of nitrogens with zero attached hydrogens (tertiary/aromatic N) is 1. The molecular formula is C21H17Cl2N3O2. The van der Waals surface area contributed by atoms with Crippen molar-refractivity contribution in [3.8, 4) is 11.4 Å². The Kier molecular flexibility index (Phi) is 6.29. The number of benzene rings is 2. The second kappa shape index (κ2) is 8.87. The van der Waals surface area contributed by atoms with Crippen LogP contribution >= 0.6 is 23.2 Å². The minimum atomic E-state index is -0.336. The number of carbonyl (C=O) groups excluding carboxylic acids is 1. The number of hydrogen-bond donors (Lipinski definition) is 2. The highest BCUT2D eigenvalue weighted by Crippen LogP contribution is 2.25. The SMILES string of the molecule is CCc1cc(=O)[nH]c(-c2cccc(NC(=O)/C=C/c3c(Cl)cccc3Cl)c2)n1. The minimum absolute atomic E-state index is 0.212. The van der Waals surface area contributed by atoms with Gasteiger partial charge in [-0.3, -0.25) is 9.59 Å². The van der Waals surface area contributed by atoms with Gasteiger partial charge in [-0.15, -0.1) is 0 Å². The third-order valence-corrected chi connectivity index (χ3v) is 4.62. The lowest BCUT2D eigenvalue weighted by Gasteiger charge is -2.07. The molecule has 0 unspecified atom stereocenters. The topological polar surface area (TPSA) is 74.8 Å². The molecule has 3 aromatic rings. The Morgan fingerprint density at radius 1 is 1.14 bits per heavy atom. The van der Waals surface area contributed by atoms with Gasteiger partial charge in [0.05, 0.1) is 0 Å². The summed E-state index contributed by atoms with van der Waals surface area (Å²) in [7, 11) is 0. The van der Waals surface area contributed by atoms with Gasteiger partial charge < -0.3 is 10.3 Å². The lowest BCUT2D eigenvalue weighted by atomic mass is 10.1. The van der Waals surface area contributed by atoms with E-state index in [0.29, 0.717) is 44.8 Å². The number of amides is 1. The summed E-state index contributed by atoms with van der Waals surface area (Å²) in [5, 5.41) is 3.70. The highest BCUT2D eigenvalue weighted by Gasteiger charge is 2.06. The van der Waals surface area contributed by atoms with Gasteiger partial charge in [0, 0.05) is 44.7 Å². The predicted octanol–water partition coefficient (Wildman–Crippen LogP) is 4.96. The summed E-state index contributed by atoms with van der Waals surface area (Å²) in [6, 6.07) is 13.7. The van der Waals surface area contributed by atoms with E-state index in [9.17, 15) is 9.59 Å². The van der Waals surface area contributed by atoms with Gasteiger partial charge in [0.2, 0.25) is 5.91 Å². The van der Waals surface area contributed by atoms with E-state index in [4.69, 9.17) is 23.2 Å². The van der Waals surface area contributed by atoms with Gasteiger partial charge in [0.1, 0.15) is 5.82 Å². The van der Waals surface area contributed by atoms with Crippen LogP contribution in [0, 0.1) is 0 Å². The first-order valence-electron chi connectivity index (χ1n) is 8.60. The van der Waals surface area contributed by atoms with Gasteiger partial charge >= 0.3 is 0 Å². The van der Waals surface area contributed by atoms with Gasteiger partial charge in [-0.25, -0.2) is 4.98 Å². The molecule has 0 aliphatic heterocycles. The molecule has 1 amide bonds. The van der Waals surface area contributed by atoms with Crippen molar-refractivity contribution in [2.75, 3.05) is 5.32 Å². The molecule has 1 heterocycles. The number of rotatable bonds is 5. The highest BCUT2D eigenvalue weighted by atomic mass is 35.5. The molecule has 0 aliphatic carbocycles. The lowest BCUT2D eigenvalue weighted by molar-refractivity contribution is -0.111. The van der Waals surface area contributed by atoms with Crippen molar-refractivity contribution in [2.24, 2.45) is 0 Å². The molecular weight excluding hydrogens is 397 g/mol. The van der Waals surface area contributed by atoms with Crippen LogP contribution in [0.3, 0.4) is 0 Å². The highest BCUT2D eigenvalue weighted by molar-refractivity contribution is 6.37. The van der Waals surface area contributed by atoms with E-state index in [1.807, 2.05) is 13.0 Å². The average Bonchev–Trinajstić information content (AvgIpc) is 2.67. The van der Waals surface area contributed by atoms with Crippen LogP contribution < -0.4 is 10.9 Å². The Bertz CT molecular complexity index is 1090. The molecule has 0 spiro atoms. The number of carbonyl (C=O) groups is 1. The van der Waals surface area contributed by atoms with Crippen molar-refractivity contribution >= 4 is 40.9 Å². The maximum Gasteiger partial charge on any atom is 0.251 e. The zero-order chi connectivity index (χ0) is 20.1. The van der Waals surface area contributed by atoms with Crippen molar-refractivity contribution in [3.63, 3.8) is 0 Å². The fraction of sp³-hybridized carbons (Fsp3) is 0.0952. The van der Waals surface area contributed by atoms with Gasteiger partial charge in [-0.2, -0.15) is 0 Å². The Labute approximate surface area is 172 Å². The molecule has 5 nitrogen and oxygen atoms in total. The summed E-state index contributed by atoms with van der Waals surface area (Å²) in [6.45, 7) is 1.93. The Morgan fingerprint density at radius 2 is 1.86 bits per heavy atom. The number of halogens is 2. The summed E-state index contributed by atoms with van der Waals surface area (Å²) in [5.41, 5.74) is 2.33. The van der Waals surface area contributed by atoms with Crippen LogP contribution in [0.2, 0.25) is 10.0 Å². The van der Waals surface area contributed by atoms with Crippen LogP contribution in [-0.4, -0.2) is 15.9 Å². The molecule has 0 saturated heterocycles. The minimum Gasteiger partial charge on any atom is -0.322 e. The quantitative estimate of drug-likeness (QED) is 0.580. The molecule has 7 heteroatoms. The first kappa shape index (κ1) is 19.9. The second-order valence-corrected chi connectivity index (χ2v) is 6.79. The molecule has 28 heavy (non-hydrogen) atoms. The molecule has 0 atom stereocenters. The summed E-state index contributed by atoms with van der Waals surface area (Å²) in [4.78, 5) is 31.2. The van der Waals surface area contributed by atoms with Crippen LogP contribution in [0.15, 0.2) is 59.4 Å². The van der Waals surface area contributed by atoms with Gasteiger partial charge in [-0.05, 0) is 36.8 Å². The molecule has 0 saturated carbocycles. The Balaban J connectivity index is 1.79. The number of hydrogen-bond acceptors (Lipinski definition) is 3. The van der Waals surface area contributed by atoms with E-state index in [2.05, 4.69) is 15.3 Å². The number of H-pyrrole nitrogens is 1. The molecule has 2 aromatic carbocycles. The number of aromatic nitrogens is 2. The normalized spacial score (nSPS) is 11.0. The summed E-state index contributed by atoms with van der Waals surface area (Å²) >= 11 is 12.2. The number of aryl methyl sites for hydroxylation is 1. The summed E-state index contributed by atoms with van der Waals surface area (Å²) in [6.07, 6.45) is 3.58. The van der Waals surface area contributed by atoms with Crippen molar-refractivity contribution in [1.82, 2.24) is 9.97 Å². The third-order valence-electron chi connectivity index (χ3n) is 3.96. The van der Waals surface area contributed by atoms with Crippen LogP contribution in [0.4, 0.5) is 5.69 Å². The number of nitrogens with one attached hydrogen (secondary N) is 2. The van der Waals surface area contributed by atoms with Gasteiger partial charge in [-0.1, -0.05) is 48.3 Å². The summed E-state index contributed by atoms with van der Waals surface area (Å²) < 4.78 is 0. The molecule has 2 N–H and O–H groups in total. The lowest BCUT2D eigenvalue weighted by Crippen LogP contribution is -2.10. The summed E-state index contributed by atoms with van der Waals surface area (Å²) in [5.74, 6) is 0.121. The van der Waals surface area contributed by atoms with Crippen molar-refractivity contribution in [2.45, 2.75) is 13.3 Å². The first-order chi connectivity index (χ1) is 13.5. The van der Waals surface area contributed by atoms with Crippen molar-refractivity contribution in [1.29, 1.82) is 0 Å². The van der Waals surface area contributed by atoms with E-state index >= 15 is 0 Å². The van der Waals surface area contributed by atoms with E-state index in [1.165, 1.54) is 12.1 Å². The van der Waals surface area contributed by atoms with Crippen LogP contribution in [-0.2, 0) is 11.2 Å². The molecule has 3 rings (SSSR count). The van der Waals surface area contributed by atoms with Gasteiger partial charge in [0.25, 0.3) is 5.56 Å². The number of aromatic amines is 1. The van der Waals surface area contributed by atoms with E-state index in [-0.39, 0.29) is 11.5 Å². The zero-order valence-corrected chi connectivity index (χ0v) is 16.5. The smallest absolute Gasteiger partial charge is 0.251 e. The monoisotopic (exact) mass is 413 g/mol. The molecule has 1 aromatic heterocycles. The van der Waals surface area contributed by atoms with Crippen molar-refractivity contribution < 1.29 is 4.79 Å². The largest absolute Gasteiger partial charge is 0.322 e. The fourth-order valence-electron chi connectivity index (χ4n) is 2.58. The number of anilines is 1. The Morgan fingerprint density at radius 3 is 2.57 bits per heavy atom. The maximum atomic E-state index is 12.3. The second-order valence-electron chi connectivity index (χ2n) is 5.98. The van der Waals surface area contributed by atoms with Crippen LogP contribution in [0.5, 0.6) is 0 Å². The molecule has 0 bridgehead atoms. The standard InChI is InChI=1S/C21H17Cl2N3O2/c1-2-14-12-20(28)26-21(25-14)13-5-3-6-15(11-13)24-19(27)10-9-16-17(22)7-4-8-18(16)23/h3-12H,2H2,1H3,(H,24,27)(H,25,26,28)/b10-9+. The molecule has 0 fully saturated rings. The Hall–Kier alpha value is -2.89.